The van der Waals surface area contributed by atoms with Crippen molar-refractivity contribution < 1.29 is 0 Å². The van der Waals surface area contributed by atoms with E-state index in [1.54, 1.807) is 5.57 Å². The van der Waals surface area contributed by atoms with Gasteiger partial charge >= 0.3 is 0 Å². The first-order valence-electron chi connectivity index (χ1n) is 8.90. The topological polar surface area (TPSA) is 26.0 Å². The molecule has 1 nitrogen and oxygen atoms in total. The van der Waals surface area contributed by atoms with Crippen molar-refractivity contribution in [3.63, 3.8) is 0 Å². The summed E-state index contributed by atoms with van der Waals surface area (Å²) in [4.78, 5) is 0. The average molecular weight is 301 g/mol. The first kappa shape index (κ1) is 13.4. The fourth-order valence-electron chi connectivity index (χ4n) is 5.58. The molecule has 2 aromatic rings. The van der Waals surface area contributed by atoms with Crippen LogP contribution in [0.5, 0.6) is 0 Å². The van der Waals surface area contributed by atoms with Crippen molar-refractivity contribution in [3.8, 4) is 11.1 Å². The van der Waals surface area contributed by atoms with Gasteiger partial charge in [0.15, 0.2) is 0 Å². The van der Waals surface area contributed by atoms with Crippen LogP contribution < -0.4 is 5.73 Å². The third kappa shape index (κ3) is 1.63. The Bertz CT molecular complexity index is 832. The highest BCUT2D eigenvalue weighted by Gasteiger charge is 2.49. The summed E-state index contributed by atoms with van der Waals surface area (Å²) in [5.41, 5.74) is 14.7. The minimum Gasteiger partial charge on any atom is -0.398 e. The van der Waals surface area contributed by atoms with Gasteiger partial charge in [0, 0.05) is 16.7 Å². The van der Waals surface area contributed by atoms with E-state index >= 15 is 0 Å². The molecule has 1 heteroatoms. The summed E-state index contributed by atoms with van der Waals surface area (Å²) in [7, 11) is 0. The number of benzene rings is 2. The summed E-state index contributed by atoms with van der Waals surface area (Å²) in [5.74, 6) is 1.59. The van der Waals surface area contributed by atoms with Gasteiger partial charge in [0.05, 0.1) is 0 Å². The van der Waals surface area contributed by atoms with Crippen LogP contribution in [0, 0.1) is 11.8 Å². The van der Waals surface area contributed by atoms with Crippen molar-refractivity contribution in [1.82, 2.24) is 0 Å². The third-order valence-electron chi connectivity index (χ3n) is 6.39. The molecule has 1 saturated carbocycles. The van der Waals surface area contributed by atoms with Gasteiger partial charge in [-0.05, 0) is 60.3 Å². The molecule has 1 spiro atoms. The van der Waals surface area contributed by atoms with Crippen LogP contribution in [0.2, 0.25) is 0 Å². The van der Waals surface area contributed by atoms with Crippen LogP contribution in [0.1, 0.15) is 43.7 Å². The van der Waals surface area contributed by atoms with E-state index in [9.17, 15) is 0 Å². The molecule has 3 aliphatic rings. The molecule has 0 amide bonds. The number of nitrogens with two attached hydrogens (primary N) is 1. The number of anilines is 1. The van der Waals surface area contributed by atoms with Crippen LogP contribution in [0.15, 0.2) is 54.1 Å². The summed E-state index contributed by atoms with van der Waals surface area (Å²) in [5, 5.41) is 0. The van der Waals surface area contributed by atoms with Gasteiger partial charge in [-0.15, -0.1) is 0 Å². The van der Waals surface area contributed by atoms with Crippen LogP contribution >= 0.6 is 0 Å². The Labute approximate surface area is 138 Å². The molecule has 0 aromatic heterocycles. The van der Waals surface area contributed by atoms with E-state index in [2.05, 4.69) is 55.5 Å². The monoisotopic (exact) mass is 301 g/mol. The number of rotatable bonds is 0. The fourth-order valence-corrected chi connectivity index (χ4v) is 5.58. The maximum atomic E-state index is 6.41. The SMILES string of the molecule is CC1C=C2CC(CCC23c2ccccc2-c2c(N)cccc23)C1. The van der Waals surface area contributed by atoms with Crippen LogP contribution in [0.4, 0.5) is 5.69 Å². The Balaban J connectivity index is 1.86. The lowest BCUT2D eigenvalue weighted by atomic mass is 9.58. The van der Waals surface area contributed by atoms with Gasteiger partial charge in [0.1, 0.15) is 0 Å². The molecule has 2 aromatic carbocycles. The molecule has 3 aliphatic carbocycles. The second kappa shape index (κ2) is 4.50. The lowest BCUT2D eigenvalue weighted by Gasteiger charge is -2.45. The van der Waals surface area contributed by atoms with Gasteiger partial charge in [0.2, 0.25) is 0 Å². The van der Waals surface area contributed by atoms with Gasteiger partial charge in [-0.25, -0.2) is 0 Å². The highest BCUT2D eigenvalue weighted by molar-refractivity contribution is 5.90. The van der Waals surface area contributed by atoms with Gasteiger partial charge in [0.25, 0.3) is 0 Å². The maximum absolute atomic E-state index is 6.41. The maximum Gasteiger partial charge on any atom is 0.0424 e. The second-order valence-electron chi connectivity index (χ2n) is 7.73. The van der Waals surface area contributed by atoms with Gasteiger partial charge in [-0.1, -0.05) is 55.0 Å². The van der Waals surface area contributed by atoms with Crippen molar-refractivity contribution >= 4 is 5.69 Å². The number of fused-ring (bicyclic) bond motifs is 8. The minimum atomic E-state index is 0.0898. The smallest absolute Gasteiger partial charge is 0.0424 e. The van der Waals surface area contributed by atoms with Crippen molar-refractivity contribution in [1.29, 1.82) is 0 Å². The molecule has 2 bridgehead atoms. The highest BCUT2D eigenvalue weighted by Crippen LogP contribution is 2.61. The number of hydrogen-bond acceptors (Lipinski definition) is 1. The highest BCUT2D eigenvalue weighted by atomic mass is 14.6. The van der Waals surface area contributed by atoms with E-state index in [-0.39, 0.29) is 5.41 Å². The van der Waals surface area contributed by atoms with E-state index in [0.717, 1.165) is 11.6 Å². The predicted molar refractivity (Wildman–Crippen MR) is 96.3 cm³/mol. The summed E-state index contributed by atoms with van der Waals surface area (Å²) in [6.07, 6.45) is 7.79. The molecule has 23 heavy (non-hydrogen) atoms. The molecule has 5 rings (SSSR count). The van der Waals surface area contributed by atoms with Gasteiger partial charge in [-0.3, -0.25) is 0 Å². The summed E-state index contributed by atoms with van der Waals surface area (Å²) >= 11 is 0. The Morgan fingerprint density at radius 3 is 2.78 bits per heavy atom. The van der Waals surface area contributed by atoms with Gasteiger partial charge in [-0.2, -0.15) is 0 Å². The Kier molecular flexibility index (Phi) is 2.63. The molecular weight excluding hydrogens is 278 g/mol. The molecule has 3 unspecified atom stereocenters. The predicted octanol–water partition coefficient (Wildman–Crippen LogP) is 5.30. The normalized spacial score (nSPS) is 30.7. The lowest BCUT2D eigenvalue weighted by Crippen LogP contribution is -2.36. The standard InChI is InChI=1S/C22H23N/c1-14-11-15-9-10-22(16(12-14)13-15)18-6-3-2-5-17(18)21-19(22)7-4-8-20(21)23/h2-8,12,14-15H,9-11,13,23H2,1H3. The molecule has 0 saturated heterocycles. The van der Waals surface area contributed by atoms with Gasteiger partial charge < -0.3 is 5.73 Å². The fraction of sp³-hybridized carbons (Fsp3) is 0.364. The van der Waals surface area contributed by atoms with E-state index in [1.165, 1.54) is 47.9 Å². The minimum absolute atomic E-state index is 0.0898. The van der Waals surface area contributed by atoms with Crippen molar-refractivity contribution in [2.75, 3.05) is 5.73 Å². The summed E-state index contributed by atoms with van der Waals surface area (Å²) in [6, 6.07) is 15.5. The molecular formula is C22H23N. The Morgan fingerprint density at radius 2 is 1.87 bits per heavy atom. The summed E-state index contributed by atoms with van der Waals surface area (Å²) < 4.78 is 0. The van der Waals surface area contributed by atoms with Crippen LogP contribution in [0.25, 0.3) is 11.1 Å². The molecule has 2 N–H and O–H groups in total. The zero-order valence-corrected chi connectivity index (χ0v) is 13.7. The zero-order chi connectivity index (χ0) is 15.6. The number of nitrogen functional groups attached to an aromatic ring is 1. The van der Waals surface area contributed by atoms with Crippen molar-refractivity contribution in [2.45, 2.75) is 38.0 Å². The number of allylic oxidation sites excluding steroid dienone is 2. The molecule has 1 fully saturated rings. The zero-order valence-electron chi connectivity index (χ0n) is 13.7. The molecule has 0 aliphatic heterocycles. The first-order valence-corrected chi connectivity index (χ1v) is 8.90. The molecule has 0 heterocycles. The van der Waals surface area contributed by atoms with Crippen molar-refractivity contribution in [3.05, 3.63) is 65.2 Å². The Hall–Kier alpha value is -2.02. The van der Waals surface area contributed by atoms with E-state index in [0.29, 0.717) is 5.92 Å². The quantitative estimate of drug-likeness (QED) is 0.518. The Morgan fingerprint density at radius 1 is 1.04 bits per heavy atom. The van der Waals surface area contributed by atoms with Crippen molar-refractivity contribution in [2.24, 2.45) is 11.8 Å². The third-order valence-corrected chi connectivity index (χ3v) is 6.39. The van der Waals surface area contributed by atoms with E-state index in [1.807, 2.05) is 0 Å². The van der Waals surface area contributed by atoms with E-state index in [4.69, 9.17) is 5.73 Å². The van der Waals surface area contributed by atoms with Crippen LogP contribution in [-0.4, -0.2) is 0 Å². The number of hydrogen-bond donors (Lipinski definition) is 1. The van der Waals surface area contributed by atoms with Crippen LogP contribution in [-0.2, 0) is 5.41 Å². The second-order valence-corrected chi connectivity index (χ2v) is 7.73. The largest absolute Gasteiger partial charge is 0.398 e. The molecule has 3 atom stereocenters. The lowest BCUT2D eigenvalue weighted by molar-refractivity contribution is 0.284. The van der Waals surface area contributed by atoms with Crippen LogP contribution in [0.3, 0.4) is 0 Å². The summed E-state index contributed by atoms with van der Waals surface area (Å²) in [6.45, 7) is 2.38. The molecule has 0 radical (unpaired) electrons. The van der Waals surface area contributed by atoms with E-state index < -0.39 is 0 Å². The first-order chi connectivity index (χ1) is 11.2. The molecule has 116 valence electrons. The average Bonchev–Trinajstić information content (AvgIpc) is 2.84.